The van der Waals surface area contributed by atoms with E-state index in [0.717, 1.165) is 6.04 Å². The van der Waals surface area contributed by atoms with E-state index in [1.165, 1.54) is 19.5 Å². The average molecular weight is 179 g/mol. The van der Waals surface area contributed by atoms with Crippen molar-refractivity contribution in [2.24, 2.45) is 0 Å². The predicted molar refractivity (Wildman–Crippen MR) is 51.4 cm³/mol. The largest absolute Gasteiger partial charge is 0.315 e. The summed E-state index contributed by atoms with van der Waals surface area (Å²) in [5.74, 6) is 0. The molecule has 2 nitrogen and oxygen atoms in total. The van der Waals surface area contributed by atoms with Crippen molar-refractivity contribution in [1.82, 2.24) is 10.2 Å². The summed E-state index contributed by atoms with van der Waals surface area (Å²) in [6.07, 6.45) is 1.31. The summed E-state index contributed by atoms with van der Waals surface area (Å²) >= 11 is 0. The lowest BCUT2D eigenvalue weighted by atomic mass is 10.2. The Morgan fingerprint density at radius 2 is 2.09 bits per heavy atom. The molecule has 11 heavy (non-hydrogen) atoms. The van der Waals surface area contributed by atoms with Crippen LogP contribution in [0.4, 0.5) is 0 Å². The van der Waals surface area contributed by atoms with Gasteiger partial charge in [0.15, 0.2) is 0 Å². The molecule has 1 saturated heterocycles. The first-order valence-corrected chi connectivity index (χ1v) is 4.14. The molecule has 1 atom stereocenters. The van der Waals surface area contributed by atoms with Crippen molar-refractivity contribution in [3.05, 3.63) is 0 Å². The van der Waals surface area contributed by atoms with Gasteiger partial charge in [0.05, 0.1) is 0 Å². The van der Waals surface area contributed by atoms with E-state index >= 15 is 0 Å². The summed E-state index contributed by atoms with van der Waals surface area (Å²) in [5, 5.41) is 3.37. The van der Waals surface area contributed by atoms with Crippen molar-refractivity contribution < 1.29 is 0 Å². The topological polar surface area (TPSA) is 15.3 Å². The number of halogens is 1. The molecule has 1 aliphatic heterocycles. The summed E-state index contributed by atoms with van der Waals surface area (Å²) in [7, 11) is 2.21. The molecule has 0 unspecified atom stereocenters. The molecule has 1 heterocycles. The van der Waals surface area contributed by atoms with Gasteiger partial charge in [0.1, 0.15) is 0 Å². The molecular weight excluding hydrogens is 160 g/mol. The second-order valence-corrected chi connectivity index (χ2v) is 3.41. The molecule has 0 aromatic heterocycles. The standard InChI is InChI=1S/C8H18N2.ClH/c1-7(2)10(3)8-4-5-9-6-8;/h7-9H,4-6H2,1-3H3;1H/t8-;/m0./s1. The van der Waals surface area contributed by atoms with Crippen molar-refractivity contribution in [3.63, 3.8) is 0 Å². The number of likely N-dealkylation sites (N-methyl/N-ethyl adjacent to an activating group) is 1. The SMILES string of the molecule is CC(C)N(C)[C@H]1CCNC1.Cl. The monoisotopic (exact) mass is 178 g/mol. The molecule has 68 valence electrons. The highest BCUT2D eigenvalue weighted by molar-refractivity contribution is 5.85. The first kappa shape index (κ1) is 11.2. The minimum absolute atomic E-state index is 0. The Bertz CT molecular complexity index is 100. The first-order valence-electron chi connectivity index (χ1n) is 4.14. The normalized spacial score (nSPS) is 24.3. The van der Waals surface area contributed by atoms with Gasteiger partial charge in [-0.2, -0.15) is 0 Å². The zero-order valence-electron chi connectivity index (χ0n) is 7.63. The molecule has 1 rings (SSSR count). The molecule has 0 bridgehead atoms. The molecule has 1 aliphatic rings. The highest BCUT2D eigenvalue weighted by atomic mass is 35.5. The third-order valence-corrected chi connectivity index (χ3v) is 2.42. The van der Waals surface area contributed by atoms with Crippen molar-refractivity contribution in [2.75, 3.05) is 20.1 Å². The smallest absolute Gasteiger partial charge is 0.0232 e. The summed E-state index contributed by atoms with van der Waals surface area (Å²) in [5.41, 5.74) is 0. The fraction of sp³-hybridized carbons (Fsp3) is 1.00. The van der Waals surface area contributed by atoms with Crippen LogP contribution in [0.15, 0.2) is 0 Å². The van der Waals surface area contributed by atoms with Crippen molar-refractivity contribution in [1.29, 1.82) is 0 Å². The summed E-state index contributed by atoms with van der Waals surface area (Å²) in [6.45, 7) is 6.87. The van der Waals surface area contributed by atoms with Crippen LogP contribution in [-0.4, -0.2) is 37.1 Å². The van der Waals surface area contributed by atoms with Gasteiger partial charge in [-0.25, -0.2) is 0 Å². The summed E-state index contributed by atoms with van der Waals surface area (Å²) in [4.78, 5) is 2.44. The molecule has 0 amide bonds. The average Bonchev–Trinajstić information content (AvgIpc) is 2.36. The fourth-order valence-electron chi connectivity index (χ4n) is 1.41. The summed E-state index contributed by atoms with van der Waals surface area (Å²) < 4.78 is 0. The minimum atomic E-state index is 0. The van der Waals surface area contributed by atoms with E-state index in [9.17, 15) is 0 Å². The van der Waals surface area contributed by atoms with Gasteiger partial charge in [-0.05, 0) is 33.9 Å². The van der Waals surface area contributed by atoms with Crippen LogP contribution in [-0.2, 0) is 0 Å². The number of nitrogens with zero attached hydrogens (tertiary/aromatic N) is 1. The van der Waals surface area contributed by atoms with E-state index in [1.807, 2.05) is 0 Å². The van der Waals surface area contributed by atoms with Gasteiger partial charge >= 0.3 is 0 Å². The van der Waals surface area contributed by atoms with Crippen molar-refractivity contribution in [3.8, 4) is 0 Å². The van der Waals surface area contributed by atoms with Gasteiger partial charge in [-0.15, -0.1) is 12.4 Å². The lowest BCUT2D eigenvalue weighted by Gasteiger charge is -2.27. The Morgan fingerprint density at radius 1 is 1.45 bits per heavy atom. The Morgan fingerprint density at radius 3 is 2.45 bits per heavy atom. The molecule has 0 spiro atoms. The van der Waals surface area contributed by atoms with Gasteiger partial charge in [0.2, 0.25) is 0 Å². The maximum atomic E-state index is 3.37. The van der Waals surface area contributed by atoms with Crippen molar-refractivity contribution in [2.45, 2.75) is 32.4 Å². The van der Waals surface area contributed by atoms with Gasteiger partial charge < -0.3 is 5.32 Å². The van der Waals surface area contributed by atoms with Crippen LogP contribution in [0.5, 0.6) is 0 Å². The molecule has 1 N–H and O–H groups in total. The summed E-state index contributed by atoms with van der Waals surface area (Å²) in [6, 6.07) is 1.46. The maximum absolute atomic E-state index is 3.37. The highest BCUT2D eigenvalue weighted by Crippen LogP contribution is 2.08. The zero-order chi connectivity index (χ0) is 7.56. The Hall–Kier alpha value is 0.210. The molecule has 0 aromatic rings. The molecule has 3 heteroatoms. The number of hydrogen-bond donors (Lipinski definition) is 1. The molecule has 1 fully saturated rings. The lowest BCUT2D eigenvalue weighted by molar-refractivity contribution is 0.208. The lowest BCUT2D eigenvalue weighted by Crippen LogP contribution is -2.38. The molecule has 0 aromatic carbocycles. The molecular formula is C8H19ClN2. The predicted octanol–water partition coefficient (Wildman–Crippen LogP) is 1.11. The van der Waals surface area contributed by atoms with E-state index < -0.39 is 0 Å². The van der Waals surface area contributed by atoms with Crippen LogP contribution in [0.25, 0.3) is 0 Å². The second kappa shape index (κ2) is 4.96. The number of nitrogens with one attached hydrogen (secondary N) is 1. The Balaban J connectivity index is 0.000001000. The van der Waals surface area contributed by atoms with Gasteiger partial charge in [0.25, 0.3) is 0 Å². The van der Waals surface area contributed by atoms with Crippen LogP contribution in [0.1, 0.15) is 20.3 Å². The van der Waals surface area contributed by atoms with Gasteiger partial charge in [-0.3, -0.25) is 4.90 Å². The van der Waals surface area contributed by atoms with Crippen LogP contribution >= 0.6 is 12.4 Å². The molecule has 0 radical (unpaired) electrons. The third kappa shape index (κ3) is 2.97. The second-order valence-electron chi connectivity index (χ2n) is 3.41. The minimum Gasteiger partial charge on any atom is -0.315 e. The molecule has 0 saturated carbocycles. The van der Waals surface area contributed by atoms with E-state index in [-0.39, 0.29) is 12.4 Å². The van der Waals surface area contributed by atoms with Gasteiger partial charge in [0, 0.05) is 18.6 Å². The van der Waals surface area contributed by atoms with E-state index in [1.54, 1.807) is 0 Å². The van der Waals surface area contributed by atoms with Crippen LogP contribution in [0.2, 0.25) is 0 Å². The molecule has 0 aliphatic carbocycles. The fourth-order valence-corrected chi connectivity index (χ4v) is 1.41. The van der Waals surface area contributed by atoms with Crippen molar-refractivity contribution >= 4 is 12.4 Å². The Labute approximate surface area is 75.8 Å². The number of hydrogen-bond acceptors (Lipinski definition) is 2. The number of rotatable bonds is 2. The zero-order valence-corrected chi connectivity index (χ0v) is 8.45. The third-order valence-electron chi connectivity index (χ3n) is 2.42. The highest BCUT2D eigenvalue weighted by Gasteiger charge is 2.20. The first-order chi connectivity index (χ1) is 4.72. The van der Waals surface area contributed by atoms with E-state index in [2.05, 4.69) is 31.1 Å². The van der Waals surface area contributed by atoms with E-state index in [0.29, 0.717) is 6.04 Å². The Kier molecular flexibility index (Phi) is 5.06. The quantitative estimate of drug-likeness (QED) is 0.682. The van der Waals surface area contributed by atoms with Crippen LogP contribution in [0, 0.1) is 0 Å². The van der Waals surface area contributed by atoms with Crippen LogP contribution in [0.3, 0.4) is 0 Å². The van der Waals surface area contributed by atoms with Gasteiger partial charge in [-0.1, -0.05) is 0 Å². The van der Waals surface area contributed by atoms with Crippen LogP contribution < -0.4 is 5.32 Å². The van der Waals surface area contributed by atoms with E-state index in [4.69, 9.17) is 0 Å². The maximum Gasteiger partial charge on any atom is 0.0232 e.